The quantitative estimate of drug-likeness (QED) is 0.484. The van der Waals surface area contributed by atoms with Gasteiger partial charge in [-0.05, 0) is 44.2 Å². The fraction of sp³-hybridized carbons (Fsp3) is 0.478. The first-order valence-electron chi connectivity index (χ1n) is 11.6. The number of nitrogens with zero attached hydrogens (tertiary/aromatic N) is 4. The zero-order valence-electron chi connectivity index (χ0n) is 18.9. The predicted octanol–water partition coefficient (Wildman–Crippen LogP) is 3.60. The van der Waals surface area contributed by atoms with Gasteiger partial charge in [0.2, 0.25) is 17.8 Å². The van der Waals surface area contributed by atoms with Crippen LogP contribution in [0.15, 0.2) is 24.4 Å². The molecule has 2 atom stereocenters. The van der Waals surface area contributed by atoms with Gasteiger partial charge in [-0.15, -0.1) is 0 Å². The Hall–Kier alpha value is -3.41. The Labute approximate surface area is 199 Å². The van der Waals surface area contributed by atoms with Gasteiger partial charge < -0.3 is 21.1 Å². The second-order valence-corrected chi connectivity index (χ2v) is 8.97. The van der Waals surface area contributed by atoms with Gasteiger partial charge in [0.1, 0.15) is 29.0 Å². The summed E-state index contributed by atoms with van der Waals surface area (Å²) in [6, 6.07) is 2.95. The Balaban J connectivity index is 1.52. The molecular formula is C23H26F3N7O2. The van der Waals surface area contributed by atoms with Crippen molar-refractivity contribution in [2.24, 2.45) is 11.7 Å². The lowest BCUT2D eigenvalue weighted by molar-refractivity contribution is -0.122. The van der Waals surface area contributed by atoms with Gasteiger partial charge in [-0.3, -0.25) is 9.36 Å². The van der Waals surface area contributed by atoms with E-state index < -0.39 is 23.8 Å². The number of nitrogens with two attached hydrogens (primary N) is 1. The second kappa shape index (κ2) is 9.68. The summed E-state index contributed by atoms with van der Waals surface area (Å²) in [6.07, 6.45) is 3.13. The molecule has 0 radical (unpaired) electrons. The molecule has 1 amide bonds. The van der Waals surface area contributed by atoms with Crippen LogP contribution in [0.5, 0.6) is 0 Å². The van der Waals surface area contributed by atoms with Gasteiger partial charge in [-0.2, -0.15) is 4.98 Å². The third-order valence-corrected chi connectivity index (χ3v) is 6.70. The highest BCUT2D eigenvalue weighted by molar-refractivity contribution is 5.78. The van der Waals surface area contributed by atoms with Crippen LogP contribution < -0.4 is 16.4 Å². The second-order valence-electron chi connectivity index (χ2n) is 8.97. The van der Waals surface area contributed by atoms with Crippen molar-refractivity contribution in [3.8, 4) is 0 Å². The number of alkyl halides is 1. The van der Waals surface area contributed by atoms with E-state index in [0.717, 1.165) is 12.1 Å². The van der Waals surface area contributed by atoms with Crippen LogP contribution in [-0.4, -0.2) is 50.9 Å². The molecule has 4 N–H and O–H groups in total. The molecule has 1 aliphatic carbocycles. The summed E-state index contributed by atoms with van der Waals surface area (Å²) in [5.41, 5.74) is 6.00. The molecule has 35 heavy (non-hydrogen) atoms. The first kappa shape index (κ1) is 23.3. The Bertz CT molecular complexity index is 1210. The summed E-state index contributed by atoms with van der Waals surface area (Å²) in [5, 5.41) is 5.82. The SMILES string of the molecule is NC(=O)C1CCC(n2c(Nc3c(F)cccc3F)nc3cnc(N[C@H]4CCOC[C@@H]4F)nc32)CC1. The van der Waals surface area contributed by atoms with Crippen LogP contribution in [0.4, 0.5) is 30.8 Å². The fourth-order valence-electron chi connectivity index (χ4n) is 4.77. The molecule has 0 spiro atoms. The molecule has 3 aromatic rings. The van der Waals surface area contributed by atoms with E-state index in [1.165, 1.54) is 12.3 Å². The lowest BCUT2D eigenvalue weighted by atomic mass is 9.85. The van der Waals surface area contributed by atoms with Crippen LogP contribution in [0.2, 0.25) is 0 Å². The third kappa shape index (κ3) is 4.75. The van der Waals surface area contributed by atoms with Gasteiger partial charge in [0.25, 0.3) is 0 Å². The number of amides is 1. The smallest absolute Gasteiger partial charge is 0.225 e. The monoisotopic (exact) mass is 489 g/mol. The summed E-state index contributed by atoms with van der Waals surface area (Å²) in [5.74, 6) is -1.65. The standard InChI is InChI=1S/C23H26F3N7O2/c24-14-2-1-3-15(25)19(14)31-23-30-18-10-28-22(29-17-8-9-35-11-16(17)26)32-21(18)33(23)13-6-4-12(5-7-13)20(27)34/h1-3,10,12-13,16-17H,4-9,11H2,(H2,27,34)(H,30,31)(H,28,29,32)/t12?,13?,16-,17-/m0/s1. The lowest BCUT2D eigenvalue weighted by Crippen LogP contribution is -2.39. The molecular weight excluding hydrogens is 463 g/mol. The third-order valence-electron chi connectivity index (χ3n) is 6.70. The summed E-state index contributed by atoms with van der Waals surface area (Å²) in [6.45, 7) is 0.437. The molecule has 186 valence electrons. The van der Waals surface area contributed by atoms with Crippen LogP contribution in [0.25, 0.3) is 11.2 Å². The van der Waals surface area contributed by atoms with Crippen LogP contribution in [0.1, 0.15) is 38.1 Å². The molecule has 1 saturated carbocycles. The summed E-state index contributed by atoms with van der Waals surface area (Å²) < 4.78 is 50.0. The number of hydrogen-bond acceptors (Lipinski definition) is 7. The van der Waals surface area contributed by atoms with Crippen molar-refractivity contribution >= 4 is 34.7 Å². The van der Waals surface area contributed by atoms with Gasteiger partial charge in [0, 0.05) is 18.6 Å². The average Bonchev–Trinajstić information content (AvgIpc) is 3.20. The van der Waals surface area contributed by atoms with Crippen molar-refractivity contribution in [3.05, 3.63) is 36.0 Å². The van der Waals surface area contributed by atoms with Crippen LogP contribution >= 0.6 is 0 Å². The molecule has 0 bridgehead atoms. The highest BCUT2D eigenvalue weighted by atomic mass is 19.1. The zero-order chi connectivity index (χ0) is 24.5. The van der Waals surface area contributed by atoms with E-state index in [0.29, 0.717) is 49.9 Å². The minimum absolute atomic E-state index is 0.00319. The summed E-state index contributed by atoms with van der Waals surface area (Å²) >= 11 is 0. The minimum atomic E-state index is -1.20. The number of primary amides is 1. The number of hydrogen-bond donors (Lipinski definition) is 3. The van der Waals surface area contributed by atoms with E-state index in [9.17, 15) is 18.0 Å². The summed E-state index contributed by atoms with van der Waals surface area (Å²) in [4.78, 5) is 25.0. The first-order valence-corrected chi connectivity index (χ1v) is 11.6. The number of ether oxygens (including phenoxy) is 1. The Kier molecular flexibility index (Phi) is 6.46. The van der Waals surface area contributed by atoms with Gasteiger partial charge in [0.15, 0.2) is 5.65 Å². The van der Waals surface area contributed by atoms with Gasteiger partial charge >= 0.3 is 0 Å². The predicted molar refractivity (Wildman–Crippen MR) is 123 cm³/mol. The largest absolute Gasteiger partial charge is 0.378 e. The van der Waals surface area contributed by atoms with Crippen molar-refractivity contribution in [2.75, 3.05) is 23.8 Å². The van der Waals surface area contributed by atoms with Crippen molar-refractivity contribution in [3.63, 3.8) is 0 Å². The van der Waals surface area contributed by atoms with E-state index in [1.807, 2.05) is 0 Å². The molecule has 12 heteroatoms. The number of anilines is 3. The Morgan fingerprint density at radius 3 is 2.54 bits per heavy atom. The number of imidazole rings is 1. The molecule has 9 nitrogen and oxygen atoms in total. The minimum Gasteiger partial charge on any atom is -0.378 e. The van der Waals surface area contributed by atoms with E-state index in [-0.39, 0.29) is 42.1 Å². The molecule has 0 unspecified atom stereocenters. The molecule has 3 heterocycles. The number of para-hydroxylation sites is 1. The fourth-order valence-corrected chi connectivity index (χ4v) is 4.77. The number of aromatic nitrogens is 4. The van der Waals surface area contributed by atoms with Crippen LogP contribution in [0, 0.1) is 17.6 Å². The average molecular weight is 490 g/mol. The highest BCUT2D eigenvalue weighted by Gasteiger charge is 2.30. The van der Waals surface area contributed by atoms with Crippen LogP contribution in [-0.2, 0) is 9.53 Å². The lowest BCUT2D eigenvalue weighted by Gasteiger charge is -2.29. The van der Waals surface area contributed by atoms with Crippen molar-refractivity contribution in [1.29, 1.82) is 0 Å². The maximum Gasteiger partial charge on any atom is 0.225 e. The van der Waals surface area contributed by atoms with E-state index >= 15 is 0 Å². The zero-order valence-corrected chi connectivity index (χ0v) is 18.9. The van der Waals surface area contributed by atoms with Crippen molar-refractivity contribution in [2.45, 2.75) is 50.4 Å². The van der Waals surface area contributed by atoms with Crippen molar-refractivity contribution < 1.29 is 22.7 Å². The van der Waals surface area contributed by atoms with E-state index in [2.05, 4.69) is 25.6 Å². The normalized spacial score (nSPS) is 24.9. The molecule has 2 fully saturated rings. The maximum atomic E-state index is 14.4. The number of fused-ring (bicyclic) bond motifs is 1. The number of nitrogens with one attached hydrogen (secondary N) is 2. The molecule has 1 saturated heterocycles. The molecule has 5 rings (SSSR count). The Morgan fingerprint density at radius 2 is 1.86 bits per heavy atom. The van der Waals surface area contributed by atoms with E-state index in [1.54, 1.807) is 4.57 Å². The van der Waals surface area contributed by atoms with Crippen molar-refractivity contribution in [1.82, 2.24) is 19.5 Å². The van der Waals surface area contributed by atoms with Crippen LogP contribution in [0.3, 0.4) is 0 Å². The molecule has 1 aliphatic heterocycles. The topological polar surface area (TPSA) is 120 Å². The number of benzene rings is 1. The molecule has 2 aliphatic rings. The van der Waals surface area contributed by atoms with Gasteiger partial charge in [-0.1, -0.05) is 6.07 Å². The van der Waals surface area contributed by atoms with Gasteiger partial charge in [0.05, 0.1) is 18.8 Å². The van der Waals surface area contributed by atoms with E-state index in [4.69, 9.17) is 10.5 Å². The number of rotatable bonds is 6. The number of carbonyl (C=O) groups excluding carboxylic acids is 1. The molecule has 1 aromatic carbocycles. The first-order chi connectivity index (χ1) is 16.9. The molecule has 2 aromatic heterocycles. The highest BCUT2D eigenvalue weighted by Crippen LogP contribution is 2.37. The number of halogens is 3. The van der Waals surface area contributed by atoms with Gasteiger partial charge in [-0.25, -0.2) is 23.1 Å². The Morgan fingerprint density at radius 1 is 1.11 bits per heavy atom. The summed E-state index contributed by atoms with van der Waals surface area (Å²) in [7, 11) is 0. The maximum absolute atomic E-state index is 14.4. The number of carbonyl (C=O) groups is 1.